The third-order valence-electron chi connectivity index (χ3n) is 6.77. The summed E-state index contributed by atoms with van der Waals surface area (Å²) in [7, 11) is 0. The molecule has 216 valence electrons. The molecule has 0 fully saturated rings. The van der Waals surface area contributed by atoms with Crippen molar-refractivity contribution in [2.24, 2.45) is 0 Å². The van der Waals surface area contributed by atoms with Gasteiger partial charge in [-0.2, -0.15) is 0 Å². The van der Waals surface area contributed by atoms with Crippen molar-refractivity contribution < 1.29 is 23.9 Å². The molecule has 0 saturated carbocycles. The molecule has 7 nitrogen and oxygen atoms in total. The van der Waals surface area contributed by atoms with Crippen molar-refractivity contribution in [1.29, 1.82) is 0 Å². The van der Waals surface area contributed by atoms with Crippen LogP contribution in [-0.2, 0) is 40.3 Å². The maximum atomic E-state index is 13.7. The summed E-state index contributed by atoms with van der Waals surface area (Å²) >= 11 is 0. The molecule has 0 spiro atoms. The highest BCUT2D eigenvalue weighted by atomic mass is 16.6. The van der Waals surface area contributed by atoms with Crippen LogP contribution < -0.4 is 10.6 Å². The number of ketones is 1. The summed E-state index contributed by atoms with van der Waals surface area (Å²) in [4.78, 5) is 39.2. The predicted molar refractivity (Wildman–Crippen MR) is 162 cm³/mol. The van der Waals surface area contributed by atoms with E-state index in [2.05, 4.69) is 10.6 Å². The maximum Gasteiger partial charge on any atom is 0.408 e. The van der Waals surface area contributed by atoms with Crippen molar-refractivity contribution in [2.75, 3.05) is 0 Å². The molecule has 4 aromatic carbocycles. The van der Waals surface area contributed by atoms with Gasteiger partial charge in [-0.15, -0.1) is 0 Å². The fourth-order valence-corrected chi connectivity index (χ4v) is 4.57. The van der Waals surface area contributed by atoms with Gasteiger partial charge in [-0.05, 0) is 41.5 Å². The molecule has 0 aliphatic heterocycles. The van der Waals surface area contributed by atoms with Crippen LogP contribution in [0, 0.1) is 0 Å². The SMILES string of the molecule is O=C(NC(CC(=O)C(CCc1ccccc1)NC(=O)OCc1ccccc1)Cc1ccccc1)OCc1ccccc1. The van der Waals surface area contributed by atoms with Crippen LogP contribution in [0.3, 0.4) is 0 Å². The fraction of sp³-hybridized carbons (Fsp3) is 0.229. The third kappa shape index (κ3) is 10.6. The minimum Gasteiger partial charge on any atom is -0.445 e. The summed E-state index contributed by atoms with van der Waals surface area (Å²) in [5.41, 5.74) is 3.73. The number of ether oxygens (including phenoxy) is 2. The quantitative estimate of drug-likeness (QED) is 0.185. The Hall–Kier alpha value is -4.91. The predicted octanol–water partition coefficient (Wildman–Crippen LogP) is 6.41. The lowest BCUT2D eigenvalue weighted by molar-refractivity contribution is -0.121. The van der Waals surface area contributed by atoms with E-state index in [1.807, 2.05) is 121 Å². The Balaban J connectivity index is 1.42. The van der Waals surface area contributed by atoms with E-state index in [0.717, 1.165) is 22.3 Å². The number of rotatable bonds is 14. The van der Waals surface area contributed by atoms with Crippen LogP contribution in [0.2, 0.25) is 0 Å². The lowest BCUT2D eigenvalue weighted by atomic mass is 9.95. The molecule has 42 heavy (non-hydrogen) atoms. The zero-order chi connectivity index (χ0) is 29.4. The molecule has 2 amide bonds. The summed E-state index contributed by atoms with van der Waals surface area (Å²) in [6.07, 6.45) is 0.139. The van der Waals surface area contributed by atoms with Crippen LogP contribution in [0.5, 0.6) is 0 Å². The van der Waals surface area contributed by atoms with Gasteiger partial charge in [-0.25, -0.2) is 9.59 Å². The van der Waals surface area contributed by atoms with E-state index in [0.29, 0.717) is 19.3 Å². The van der Waals surface area contributed by atoms with E-state index in [4.69, 9.17) is 9.47 Å². The van der Waals surface area contributed by atoms with E-state index >= 15 is 0 Å². The smallest absolute Gasteiger partial charge is 0.408 e. The van der Waals surface area contributed by atoms with E-state index in [1.54, 1.807) is 0 Å². The largest absolute Gasteiger partial charge is 0.445 e. The molecule has 0 saturated heterocycles. The number of benzene rings is 4. The second kappa shape index (κ2) is 16.4. The Morgan fingerprint density at radius 1 is 0.548 bits per heavy atom. The van der Waals surface area contributed by atoms with Gasteiger partial charge in [0.05, 0.1) is 6.04 Å². The Morgan fingerprint density at radius 3 is 1.48 bits per heavy atom. The number of hydrogen-bond acceptors (Lipinski definition) is 5. The third-order valence-corrected chi connectivity index (χ3v) is 6.77. The first-order valence-electron chi connectivity index (χ1n) is 14.1. The number of Topliss-reactive ketones (excluding diaryl/α,β-unsaturated/α-hetero) is 1. The number of carbonyl (C=O) groups is 3. The van der Waals surface area contributed by atoms with Gasteiger partial charge < -0.3 is 20.1 Å². The first-order valence-corrected chi connectivity index (χ1v) is 14.1. The van der Waals surface area contributed by atoms with Crippen molar-refractivity contribution >= 4 is 18.0 Å². The number of aryl methyl sites for hydroxylation is 1. The Bertz CT molecular complexity index is 1380. The second-order valence-electron chi connectivity index (χ2n) is 10.0. The summed E-state index contributed by atoms with van der Waals surface area (Å²) in [6, 6.07) is 36.8. The van der Waals surface area contributed by atoms with E-state index in [9.17, 15) is 14.4 Å². The lowest BCUT2D eigenvalue weighted by Gasteiger charge is -2.22. The molecular formula is C35H36N2O5. The second-order valence-corrected chi connectivity index (χ2v) is 10.0. The molecule has 2 atom stereocenters. The average molecular weight is 565 g/mol. The van der Waals surface area contributed by atoms with Crippen LogP contribution in [0.4, 0.5) is 9.59 Å². The highest BCUT2D eigenvalue weighted by Crippen LogP contribution is 2.13. The topological polar surface area (TPSA) is 93.7 Å². The zero-order valence-electron chi connectivity index (χ0n) is 23.5. The van der Waals surface area contributed by atoms with Crippen molar-refractivity contribution in [2.45, 2.75) is 51.0 Å². The van der Waals surface area contributed by atoms with Gasteiger partial charge in [0.1, 0.15) is 13.2 Å². The molecule has 0 bridgehead atoms. The van der Waals surface area contributed by atoms with Gasteiger partial charge >= 0.3 is 12.2 Å². The molecule has 0 aliphatic carbocycles. The summed E-state index contributed by atoms with van der Waals surface area (Å²) in [6.45, 7) is 0.213. The number of nitrogens with one attached hydrogen (secondary N) is 2. The summed E-state index contributed by atoms with van der Waals surface area (Å²) in [5.74, 6) is -0.202. The Labute approximate surface area is 246 Å². The summed E-state index contributed by atoms with van der Waals surface area (Å²) < 4.78 is 10.8. The highest BCUT2D eigenvalue weighted by molar-refractivity contribution is 5.88. The molecule has 2 N–H and O–H groups in total. The summed E-state index contributed by atoms with van der Waals surface area (Å²) in [5, 5.41) is 5.64. The molecule has 4 rings (SSSR count). The fourth-order valence-electron chi connectivity index (χ4n) is 4.57. The van der Waals surface area contributed by atoms with E-state index < -0.39 is 24.3 Å². The normalized spacial score (nSPS) is 12.0. The number of alkyl carbamates (subject to hydrolysis) is 2. The maximum absolute atomic E-state index is 13.7. The minimum atomic E-state index is -0.797. The standard InChI is InChI=1S/C35H36N2O5/c38-33(24-31(23-28-15-7-2-8-16-28)36-34(39)41-25-29-17-9-3-10-18-29)32(22-21-27-13-5-1-6-14-27)37-35(40)42-26-30-19-11-4-12-20-30/h1-20,31-32H,21-26H2,(H,36,39)(H,37,40). The molecular weight excluding hydrogens is 528 g/mol. The van der Waals surface area contributed by atoms with Crippen LogP contribution >= 0.6 is 0 Å². The first kappa shape index (κ1) is 30.1. The van der Waals surface area contributed by atoms with Crippen molar-refractivity contribution in [3.05, 3.63) is 144 Å². The zero-order valence-corrected chi connectivity index (χ0v) is 23.5. The van der Waals surface area contributed by atoms with E-state index in [1.165, 1.54) is 0 Å². The molecule has 0 heterocycles. The Kier molecular flexibility index (Phi) is 11.7. The van der Waals surface area contributed by atoms with Gasteiger partial charge in [0.2, 0.25) is 0 Å². The Morgan fingerprint density at radius 2 is 0.976 bits per heavy atom. The lowest BCUT2D eigenvalue weighted by Crippen LogP contribution is -2.45. The number of carbonyl (C=O) groups excluding carboxylic acids is 3. The van der Waals surface area contributed by atoms with Gasteiger partial charge in [-0.1, -0.05) is 121 Å². The van der Waals surface area contributed by atoms with Gasteiger partial charge in [-0.3, -0.25) is 4.79 Å². The molecule has 0 aromatic heterocycles. The average Bonchev–Trinajstić information content (AvgIpc) is 3.03. The van der Waals surface area contributed by atoms with Crippen LogP contribution in [-0.4, -0.2) is 30.1 Å². The minimum absolute atomic E-state index is 0.00769. The molecule has 0 aliphatic rings. The first-order chi connectivity index (χ1) is 20.5. The van der Waals surface area contributed by atoms with Crippen LogP contribution in [0.25, 0.3) is 0 Å². The van der Waals surface area contributed by atoms with Crippen molar-refractivity contribution in [1.82, 2.24) is 10.6 Å². The number of hydrogen-bond donors (Lipinski definition) is 2. The highest BCUT2D eigenvalue weighted by Gasteiger charge is 2.26. The monoisotopic (exact) mass is 564 g/mol. The molecule has 4 aromatic rings. The number of amides is 2. The van der Waals surface area contributed by atoms with Gasteiger partial charge in [0.25, 0.3) is 0 Å². The molecule has 2 unspecified atom stereocenters. The van der Waals surface area contributed by atoms with Crippen molar-refractivity contribution in [3.63, 3.8) is 0 Å². The van der Waals surface area contributed by atoms with E-state index in [-0.39, 0.29) is 25.4 Å². The van der Waals surface area contributed by atoms with Gasteiger partial charge in [0.15, 0.2) is 5.78 Å². The molecule has 0 radical (unpaired) electrons. The van der Waals surface area contributed by atoms with Gasteiger partial charge in [0, 0.05) is 12.5 Å². The van der Waals surface area contributed by atoms with Crippen LogP contribution in [0.15, 0.2) is 121 Å². The molecule has 7 heteroatoms. The van der Waals surface area contributed by atoms with Crippen LogP contribution in [0.1, 0.15) is 35.1 Å². The van der Waals surface area contributed by atoms with Crippen molar-refractivity contribution in [3.8, 4) is 0 Å².